The Labute approximate surface area is 122 Å². The molecule has 0 saturated heterocycles. The Morgan fingerprint density at radius 2 is 1.85 bits per heavy atom. The molecule has 0 radical (unpaired) electrons. The minimum atomic E-state index is -0.161. The maximum absolute atomic E-state index is 13.2. The minimum Gasteiger partial charge on any atom is -0.327 e. The highest BCUT2D eigenvalue weighted by molar-refractivity contribution is 5.17. The average Bonchev–Trinajstić information content (AvgIpc) is 2.38. The van der Waals surface area contributed by atoms with Crippen molar-refractivity contribution in [2.45, 2.75) is 58.9 Å². The molecule has 1 aliphatic carbocycles. The first-order chi connectivity index (χ1) is 9.36. The Morgan fingerprint density at radius 1 is 1.20 bits per heavy atom. The van der Waals surface area contributed by atoms with Crippen LogP contribution in [-0.2, 0) is 6.42 Å². The first kappa shape index (κ1) is 15.5. The van der Waals surface area contributed by atoms with Crippen LogP contribution in [0.2, 0.25) is 0 Å². The molecule has 0 aromatic heterocycles. The standard InChI is InChI=1S/C18H28FN/c1-18(2,3)15-9-7-14(8-10-15)17(20)12-13-5-4-6-16(19)11-13/h4-6,11,14-15,17H,7-10,12,20H2,1-3H3. The van der Waals surface area contributed by atoms with Gasteiger partial charge in [-0.25, -0.2) is 4.39 Å². The third-order valence-corrected chi connectivity index (χ3v) is 4.96. The molecule has 1 unspecified atom stereocenters. The van der Waals surface area contributed by atoms with E-state index in [1.807, 2.05) is 6.07 Å². The van der Waals surface area contributed by atoms with E-state index in [9.17, 15) is 4.39 Å². The van der Waals surface area contributed by atoms with Gasteiger partial charge in [0.2, 0.25) is 0 Å². The van der Waals surface area contributed by atoms with E-state index < -0.39 is 0 Å². The molecule has 2 heteroatoms. The van der Waals surface area contributed by atoms with Crippen LogP contribution in [0, 0.1) is 23.1 Å². The molecule has 1 aliphatic rings. The molecule has 20 heavy (non-hydrogen) atoms. The van der Waals surface area contributed by atoms with Gasteiger partial charge in [-0.05, 0) is 67.1 Å². The highest BCUT2D eigenvalue weighted by Gasteiger charge is 2.31. The van der Waals surface area contributed by atoms with Crippen LogP contribution in [0.15, 0.2) is 24.3 Å². The average molecular weight is 277 g/mol. The van der Waals surface area contributed by atoms with Crippen molar-refractivity contribution in [2.75, 3.05) is 0 Å². The second kappa shape index (κ2) is 6.26. The van der Waals surface area contributed by atoms with E-state index in [1.165, 1.54) is 31.7 Å². The summed E-state index contributed by atoms with van der Waals surface area (Å²) in [6, 6.07) is 7.01. The Balaban J connectivity index is 1.87. The Hall–Kier alpha value is -0.890. The van der Waals surface area contributed by atoms with Gasteiger partial charge in [0.1, 0.15) is 5.82 Å². The molecule has 0 aliphatic heterocycles. The zero-order chi connectivity index (χ0) is 14.8. The normalized spacial score (nSPS) is 25.4. The molecule has 1 fully saturated rings. The summed E-state index contributed by atoms with van der Waals surface area (Å²) in [5.74, 6) is 1.25. The Bertz CT molecular complexity index is 427. The number of rotatable bonds is 3. The van der Waals surface area contributed by atoms with Gasteiger partial charge < -0.3 is 5.73 Å². The van der Waals surface area contributed by atoms with Gasteiger partial charge in [-0.1, -0.05) is 32.9 Å². The zero-order valence-electron chi connectivity index (χ0n) is 13.0. The number of nitrogens with two attached hydrogens (primary N) is 1. The second-order valence-electron chi connectivity index (χ2n) is 7.48. The van der Waals surface area contributed by atoms with E-state index in [0.29, 0.717) is 11.3 Å². The molecule has 2 N–H and O–H groups in total. The van der Waals surface area contributed by atoms with Gasteiger partial charge in [-0.2, -0.15) is 0 Å². The second-order valence-corrected chi connectivity index (χ2v) is 7.48. The fraction of sp³-hybridized carbons (Fsp3) is 0.667. The number of hydrogen-bond acceptors (Lipinski definition) is 1. The van der Waals surface area contributed by atoms with Crippen LogP contribution in [0.5, 0.6) is 0 Å². The summed E-state index contributed by atoms with van der Waals surface area (Å²) >= 11 is 0. The predicted molar refractivity (Wildman–Crippen MR) is 83.0 cm³/mol. The maximum Gasteiger partial charge on any atom is 0.123 e. The summed E-state index contributed by atoms with van der Waals surface area (Å²) in [4.78, 5) is 0. The lowest BCUT2D eigenvalue weighted by atomic mass is 9.68. The summed E-state index contributed by atoms with van der Waals surface area (Å²) in [7, 11) is 0. The lowest BCUT2D eigenvalue weighted by Gasteiger charge is -2.38. The predicted octanol–water partition coefficient (Wildman–Crippen LogP) is 4.55. The van der Waals surface area contributed by atoms with Gasteiger partial charge in [0.05, 0.1) is 0 Å². The molecule has 1 saturated carbocycles. The molecular weight excluding hydrogens is 249 g/mol. The molecular formula is C18H28FN. The molecule has 0 bridgehead atoms. The molecule has 0 heterocycles. The number of benzene rings is 1. The van der Waals surface area contributed by atoms with Crippen molar-refractivity contribution in [3.05, 3.63) is 35.6 Å². The molecule has 1 aromatic rings. The smallest absolute Gasteiger partial charge is 0.123 e. The van der Waals surface area contributed by atoms with Crippen molar-refractivity contribution < 1.29 is 4.39 Å². The zero-order valence-corrected chi connectivity index (χ0v) is 13.0. The summed E-state index contributed by atoms with van der Waals surface area (Å²) in [5.41, 5.74) is 7.80. The van der Waals surface area contributed by atoms with Gasteiger partial charge in [0.25, 0.3) is 0 Å². The summed E-state index contributed by atoms with van der Waals surface area (Å²) in [5, 5.41) is 0. The monoisotopic (exact) mass is 277 g/mol. The van der Waals surface area contributed by atoms with Gasteiger partial charge in [-0.15, -0.1) is 0 Å². The molecule has 1 atom stereocenters. The van der Waals surface area contributed by atoms with Crippen molar-refractivity contribution >= 4 is 0 Å². The Kier molecular flexibility index (Phi) is 4.85. The summed E-state index contributed by atoms with van der Waals surface area (Å²) < 4.78 is 13.2. The fourth-order valence-electron chi connectivity index (χ4n) is 3.52. The summed E-state index contributed by atoms with van der Waals surface area (Å²) in [6.07, 6.45) is 5.80. The third-order valence-electron chi connectivity index (χ3n) is 4.96. The number of hydrogen-bond donors (Lipinski definition) is 1. The molecule has 2 rings (SSSR count). The van der Waals surface area contributed by atoms with Gasteiger partial charge >= 0.3 is 0 Å². The fourth-order valence-corrected chi connectivity index (χ4v) is 3.52. The van der Waals surface area contributed by atoms with E-state index >= 15 is 0 Å². The van der Waals surface area contributed by atoms with Gasteiger partial charge in [0, 0.05) is 6.04 Å². The van der Waals surface area contributed by atoms with Crippen LogP contribution in [0.3, 0.4) is 0 Å². The van der Waals surface area contributed by atoms with Crippen LogP contribution in [0.1, 0.15) is 52.0 Å². The first-order valence-corrected chi connectivity index (χ1v) is 7.86. The lowest BCUT2D eigenvalue weighted by Crippen LogP contribution is -2.36. The van der Waals surface area contributed by atoms with Crippen molar-refractivity contribution in [1.29, 1.82) is 0 Å². The van der Waals surface area contributed by atoms with Crippen LogP contribution in [0.25, 0.3) is 0 Å². The van der Waals surface area contributed by atoms with Crippen molar-refractivity contribution in [3.63, 3.8) is 0 Å². The minimum absolute atomic E-state index is 0.161. The van der Waals surface area contributed by atoms with Crippen molar-refractivity contribution in [3.8, 4) is 0 Å². The van der Waals surface area contributed by atoms with E-state index in [1.54, 1.807) is 12.1 Å². The van der Waals surface area contributed by atoms with E-state index in [2.05, 4.69) is 20.8 Å². The molecule has 0 spiro atoms. The molecule has 0 amide bonds. The SMILES string of the molecule is CC(C)(C)C1CCC(C(N)Cc2cccc(F)c2)CC1. The van der Waals surface area contributed by atoms with Crippen LogP contribution in [-0.4, -0.2) is 6.04 Å². The third kappa shape index (κ3) is 4.05. The number of halogens is 1. The topological polar surface area (TPSA) is 26.0 Å². The lowest BCUT2D eigenvalue weighted by molar-refractivity contribution is 0.139. The van der Waals surface area contributed by atoms with E-state index in [4.69, 9.17) is 5.73 Å². The van der Waals surface area contributed by atoms with Gasteiger partial charge in [-0.3, -0.25) is 0 Å². The first-order valence-electron chi connectivity index (χ1n) is 7.86. The van der Waals surface area contributed by atoms with Crippen molar-refractivity contribution in [2.24, 2.45) is 23.0 Å². The van der Waals surface area contributed by atoms with E-state index in [-0.39, 0.29) is 11.9 Å². The van der Waals surface area contributed by atoms with Crippen LogP contribution >= 0.6 is 0 Å². The van der Waals surface area contributed by atoms with Crippen LogP contribution < -0.4 is 5.73 Å². The highest BCUT2D eigenvalue weighted by atomic mass is 19.1. The Morgan fingerprint density at radius 3 is 2.40 bits per heavy atom. The van der Waals surface area contributed by atoms with Crippen molar-refractivity contribution in [1.82, 2.24) is 0 Å². The van der Waals surface area contributed by atoms with Crippen LogP contribution in [0.4, 0.5) is 4.39 Å². The molecule has 112 valence electrons. The van der Waals surface area contributed by atoms with E-state index in [0.717, 1.165) is 17.9 Å². The molecule has 1 nitrogen and oxygen atoms in total. The molecule has 1 aromatic carbocycles. The van der Waals surface area contributed by atoms with Gasteiger partial charge in [0.15, 0.2) is 0 Å². The quantitative estimate of drug-likeness (QED) is 0.862. The summed E-state index contributed by atoms with van der Waals surface area (Å²) in [6.45, 7) is 7.01. The highest BCUT2D eigenvalue weighted by Crippen LogP contribution is 2.40. The largest absolute Gasteiger partial charge is 0.327 e. The maximum atomic E-state index is 13.2.